The van der Waals surface area contributed by atoms with Crippen molar-refractivity contribution in [1.82, 2.24) is 19.5 Å². The molecule has 0 unspecified atom stereocenters. The maximum Gasteiger partial charge on any atom is 0.321 e. The van der Waals surface area contributed by atoms with E-state index >= 15 is 0 Å². The molecular weight excluding hydrogens is 338 g/mol. The van der Waals surface area contributed by atoms with Crippen LogP contribution in [0.2, 0.25) is 0 Å². The molecule has 1 N–H and O–H groups in total. The molecule has 2 aromatic heterocycles. The van der Waals surface area contributed by atoms with E-state index in [-0.39, 0.29) is 11.9 Å². The zero-order valence-corrected chi connectivity index (χ0v) is 15.9. The number of anilines is 1. The van der Waals surface area contributed by atoms with Gasteiger partial charge in [0, 0.05) is 25.2 Å². The molecule has 2 amide bonds. The minimum Gasteiger partial charge on any atom is -0.324 e. The van der Waals surface area contributed by atoms with Crippen molar-refractivity contribution in [2.45, 2.75) is 39.0 Å². The molecule has 4 rings (SSSR count). The summed E-state index contributed by atoms with van der Waals surface area (Å²) in [6.07, 6.45) is 4.80. The van der Waals surface area contributed by atoms with E-state index in [1.165, 1.54) is 11.1 Å². The molecule has 3 aromatic rings. The highest BCUT2D eigenvalue weighted by atomic mass is 16.2. The largest absolute Gasteiger partial charge is 0.324 e. The summed E-state index contributed by atoms with van der Waals surface area (Å²) < 4.78 is 1.95. The van der Waals surface area contributed by atoms with Gasteiger partial charge in [0.25, 0.3) is 0 Å². The molecule has 27 heavy (non-hydrogen) atoms. The first-order chi connectivity index (χ1) is 13.1. The van der Waals surface area contributed by atoms with Crippen LogP contribution in [0.1, 0.15) is 43.1 Å². The second-order valence-corrected chi connectivity index (χ2v) is 7.40. The van der Waals surface area contributed by atoms with E-state index in [1.807, 2.05) is 27.6 Å². The van der Waals surface area contributed by atoms with Crippen LogP contribution in [0.4, 0.5) is 10.5 Å². The van der Waals surface area contributed by atoms with E-state index in [2.05, 4.69) is 53.6 Å². The fourth-order valence-electron chi connectivity index (χ4n) is 3.65. The maximum atomic E-state index is 12.8. The van der Waals surface area contributed by atoms with Gasteiger partial charge in [0.15, 0.2) is 5.65 Å². The molecule has 0 saturated carbocycles. The number of urea groups is 1. The third-order valence-corrected chi connectivity index (χ3v) is 5.13. The predicted molar refractivity (Wildman–Crippen MR) is 106 cm³/mol. The average molecular weight is 363 g/mol. The summed E-state index contributed by atoms with van der Waals surface area (Å²) in [5.41, 5.74) is 4.32. The summed E-state index contributed by atoms with van der Waals surface area (Å²) in [6.45, 7) is 5.67. The maximum absolute atomic E-state index is 12.8. The number of carbonyl (C=O) groups is 1. The third-order valence-electron chi connectivity index (χ3n) is 5.13. The number of nitrogens with one attached hydrogen (secondary N) is 1. The van der Waals surface area contributed by atoms with Crippen LogP contribution in [0.5, 0.6) is 0 Å². The van der Waals surface area contributed by atoms with Gasteiger partial charge >= 0.3 is 6.03 Å². The van der Waals surface area contributed by atoms with Crippen LogP contribution in [0.25, 0.3) is 5.65 Å². The first-order valence-corrected chi connectivity index (χ1v) is 9.59. The Bertz CT molecular complexity index is 962. The van der Waals surface area contributed by atoms with Crippen LogP contribution in [0.3, 0.4) is 0 Å². The van der Waals surface area contributed by atoms with Crippen LogP contribution < -0.4 is 5.32 Å². The summed E-state index contributed by atoms with van der Waals surface area (Å²) >= 11 is 0. The normalized spacial score (nSPS) is 14.7. The number of fused-ring (bicyclic) bond motifs is 2. The Morgan fingerprint density at radius 1 is 1.04 bits per heavy atom. The van der Waals surface area contributed by atoms with Crippen LogP contribution in [0.15, 0.2) is 42.6 Å². The van der Waals surface area contributed by atoms with Gasteiger partial charge in [-0.15, -0.1) is 10.2 Å². The van der Waals surface area contributed by atoms with Crippen molar-refractivity contribution >= 4 is 17.4 Å². The van der Waals surface area contributed by atoms with E-state index in [0.29, 0.717) is 0 Å². The molecule has 0 saturated heterocycles. The van der Waals surface area contributed by atoms with E-state index < -0.39 is 0 Å². The Balaban J connectivity index is 1.49. The molecule has 1 aliphatic heterocycles. The lowest BCUT2D eigenvalue weighted by Crippen LogP contribution is -2.38. The Hall–Kier alpha value is -2.89. The lowest BCUT2D eigenvalue weighted by Gasteiger charge is -2.26. The minimum atomic E-state index is -0.0482. The summed E-state index contributed by atoms with van der Waals surface area (Å²) in [4.78, 5) is 14.7. The fraction of sp³-hybridized carbons (Fsp3) is 0.381. The van der Waals surface area contributed by atoms with Gasteiger partial charge in [-0.05, 0) is 42.5 Å². The van der Waals surface area contributed by atoms with Crippen LogP contribution >= 0.6 is 0 Å². The third kappa shape index (κ3) is 3.65. The zero-order chi connectivity index (χ0) is 18.8. The molecule has 1 aromatic carbocycles. The predicted octanol–water partition coefficient (Wildman–Crippen LogP) is 3.88. The van der Waals surface area contributed by atoms with Crippen molar-refractivity contribution in [3.63, 3.8) is 0 Å². The van der Waals surface area contributed by atoms with Gasteiger partial charge in [0.05, 0.1) is 5.69 Å². The topological polar surface area (TPSA) is 62.5 Å². The standard InChI is InChI=1S/C21H25N5O/c1-15(2)20-24-23-19-10-9-18(14-26(19)20)22-21(27)25-12-5-8-16-6-3-4-7-17(16)11-13-25/h3-4,6-7,9-10,14-15H,5,8,11-13H2,1-2H3,(H,22,27). The summed E-state index contributed by atoms with van der Waals surface area (Å²) in [6, 6.07) is 12.3. The summed E-state index contributed by atoms with van der Waals surface area (Å²) in [7, 11) is 0. The lowest BCUT2D eigenvalue weighted by molar-refractivity contribution is 0.210. The quantitative estimate of drug-likeness (QED) is 0.752. The van der Waals surface area contributed by atoms with Crippen molar-refractivity contribution < 1.29 is 4.79 Å². The molecule has 0 radical (unpaired) electrons. The molecule has 1 aliphatic rings. The highest BCUT2D eigenvalue weighted by Gasteiger charge is 2.18. The van der Waals surface area contributed by atoms with Gasteiger partial charge in [-0.1, -0.05) is 38.1 Å². The van der Waals surface area contributed by atoms with E-state index in [4.69, 9.17) is 0 Å². The molecule has 6 heteroatoms. The van der Waals surface area contributed by atoms with Gasteiger partial charge in [0.2, 0.25) is 0 Å². The van der Waals surface area contributed by atoms with Crippen molar-refractivity contribution in [3.8, 4) is 0 Å². The number of pyridine rings is 1. The number of hydrogen-bond donors (Lipinski definition) is 1. The van der Waals surface area contributed by atoms with Crippen molar-refractivity contribution in [3.05, 3.63) is 59.5 Å². The number of rotatable bonds is 2. The number of carbonyl (C=O) groups excluding carboxylic acids is 1. The molecule has 0 aliphatic carbocycles. The number of nitrogens with zero attached hydrogens (tertiary/aromatic N) is 4. The number of amides is 2. The Morgan fingerprint density at radius 3 is 2.59 bits per heavy atom. The van der Waals surface area contributed by atoms with Gasteiger partial charge in [-0.3, -0.25) is 4.40 Å². The number of aromatic nitrogens is 3. The Kier molecular flexibility index (Phi) is 4.79. The lowest BCUT2D eigenvalue weighted by atomic mass is 9.98. The highest BCUT2D eigenvalue weighted by Crippen LogP contribution is 2.19. The van der Waals surface area contributed by atoms with Crippen molar-refractivity contribution in [2.75, 3.05) is 18.4 Å². The van der Waals surface area contributed by atoms with E-state index in [1.54, 1.807) is 0 Å². The summed E-state index contributed by atoms with van der Waals surface area (Å²) in [5.74, 6) is 1.16. The van der Waals surface area contributed by atoms with Crippen LogP contribution in [0, 0.1) is 0 Å². The van der Waals surface area contributed by atoms with E-state index in [9.17, 15) is 4.79 Å². The number of benzene rings is 1. The van der Waals surface area contributed by atoms with Crippen molar-refractivity contribution in [2.24, 2.45) is 0 Å². The zero-order valence-electron chi connectivity index (χ0n) is 15.9. The van der Waals surface area contributed by atoms with Gasteiger partial charge in [-0.2, -0.15) is 0 Å². The average Bonchev–Trinajstić information content (AvgIpc) is 3.06. The highest BCUT2D eigenvalue weighted by molar-refractivity contribution is 5.89. The molecule has 0 spiro atoms. The molecule has 0 fully saturated rings. The smallest absolute Gasteiger partial charge is 0.321 e. The second kappa shape index (κ2) is 7.39. The number of hydrogen-bond acceptors (Lipinski definition) is 3. The second-order valence-electron chi connectivity index (χ2n) is 7.40. The molecule has 140 valence electrons. The SMILES string of the molecule is CC(C)c1nnc2ccc(NC(=O)N3CCCc4ccccc4CC3)cn12. The molecular formula is C21H25N5O. The minimum absolute atomic E-state index is 0.0482. The fourth-order valence-corrected chi connectivity index (χ4v) is 3.65. The molecule has 6 nitrogen and oxygen atoms in total. The van der Waals surface area contributed by atoms with E-state index in [0.717, 1.165) is 49.5 Å². The van der Waals surface area contributed by atoms with Gasteiger partial charge in [0.1, 0.15) is 5.82 Å². The number of aryl methyl sites for hydroxylation is 1. The first-order valence-electron chi connectivity index (χ1n) is 9.59. The monoisotopic (exact) mass is 363 g/mol. The van der Waals surface area contributed by atoms with Crippen LogP contribution in [-0.4, -0.2) is 38.6 Å². The van der Waals surface area contributed by atoms with Crippen molar-refractivity contribution in [1.29, 1.82) is 0 Å². The first kappa shape index (κ1) is 17.5. The summed E-state index contributed by atoms with van der Waals surface area (Å²) in [5, 5.41) is 11.5. The Labute approximate surface area is 159 Å². The molecule has 0 bridgehead atoms. The molecule has 3 heterocycles. The molecule has 0 atom stereocenters. The van der Waals surface area contributed by atoms with Gasteiger partial charge < -0.3 is 10.2 Å². The van der Waals surface area contributed by atoms with Crippen LogP contribution in [-0.2, 0) is 12.8 Å². The van der Waals surface area contributed by atoms with Gasteiger partial charge in [-0.25, -0.2) is 4.79 Å². The Morgan fingerprint density at radius 2 is 1.81 bits per heavy atom.